The minimum absolute atomic E-state index is 0.0260. The summed E-state index contributed by atoms with van der Waals surface area (Å²) >= 11 is 0. The minimum atomic E-state index is -4.49. The number of amides is 1. The molecule has 3 heterocycles. The van der Waals surface area contributed by atoms with E-state index >= 15 is 0 Å². The number of aromatic nitrogens is 1. The standard InChI is InChI=1S/C26H21F6N3O2/c27-25(28,29)18-4-1-3-17(13-18)16-35-21-7-12-37-23(21)15-22(35)24(36)34-10-8-33(9-11-34)20-6-2-5-19(14-20)26(30,31)32/h1-7,12-15H,8-11,16H2. The first-order valence-electron chi connectivity index (χ1n) is 11.4. The summed E-state index contributed by atoms with van der Waals surface area (Å²) in [5.41, 5.74) is 0.544. The Morgan fingerprint density at radius 2 is 1.46 bits per heavy atom. The van der Waals surface area contributed by atoms with E-state index in [0.29, 0.717) is 35.4 Å². The summed E-state index contributed by atoms with van der Waals surface area (Å²) in [6.45, 7) is 1.23. The summed E-state index contributed by atoms with van der Waals surface area (Å²) in [6, 6.07) is 13.2. The molecule has 2 aromatic heterocycles. The smallest absolute Gasteiger partial charge is 0.416 e. The number of anilines is 1. The number of benzene rings is 2. The van der Waals surface area contributed by atoms with E-state index in [9.17, 15) is 31.1 Å². The molecule has 0 saturated carbocycles. The van der Waals surface area contributed by atoms with Crippen molar-refractivity contribution in [1.82, 2.24) is 9.47 Å². The Morgan fingerprint density at radius 1 is 0.811 bits per heavy atom. The highest BCUT2D eigenvalue weighted by Gasteiger charge is 2.32. The summed E-state index contributed by atoms with van der Waals surface area (Å²) in [5, 5.41) is 0. The Morgan fingerprint density at radius 3 is 2.14 bits per heavy atom. The lowest BCUT2D eigenvalue weighted by molar-refractivity contribution is -0.138. The van der Waals surface area contributed by atoms with Gasteiger partial charge in [-0.3, -0.25) is 4.79 Å². The maximum Gasteiger partial charge on any atom is 0.416 e. The Bertz CT molecular complexity index is 1430. The molecule has 1 aliphatic rings. The first-order valence-corrected chi connectivity index (χ1v) is 11.4. The van der Waals surface area contributed by atoms with E-state index in [0.717, 1.165) is 24.3 Å². The molecule has 2 aromatic carbocycles. The molecule has 11 heteroatoms. The Hall–Kier alpha value is -3.89. The SMILES string of the molecule is O=C(c1cc2occc2n1Cc1cccc(C(F)(F)F)c1)N1CCN(c2cccc(C(F)(F)F)c2)CC1. The number of furan rings is 1. The number of piperazine rings is 1. The van der Waals surface area contributed by atoms with Gasteiger partial charge in [-0.25, -0.2) is 0 Å². The van der Waals surface area contributed by atoms with Gasteiger partial charge in [0, 0.05) is 50.5 Å². The molecule has 5 rings (SSSR count). The zero-order valence-corrected chi connectivity index (χ0v) is 19.3. The van der Waals surface area contributed by atoms with Gasteiger partial charge in [0.25, 0.3) is 5.91 Å². The van der Waals surface area contributed by atoms with Gasteiger partial charge >= 0.3 is 12.4 Å². The number of hydrogen-bond donors (Lipinski definition) is 0. The average Bonchev–Trinajstić information content (AvgIpc) is 3.46. The number of fused-ring (bicyclic) bond motifs is 1. The van der Waals surface area contributed by atoms with Crippen LogP contribution >= 0.6 is 0 Å². The second kappa shape index (κ2) is 9.20. The second-order valence-electron chi connectivity index (χ2n) is 8.81. The third kappa shape index (κ3) is 5.03. The molecule has 1 saturated heterocycles. The van der Waals surface area contributed by atoms with Gasteiger partial charge in [0.15, 0.2) is 5.58 Å². The van der Waals surface area contributed by atoms with Gasteiger partial charge in [0.05, 0.1) is 22.9 Å². The molecular weight excluding hydrogens is 500 g/mol. The number of halogens is 6. The van der Waals surface area contributed by atoms with Crippen LogP contribution in [0.2, 0.25) is 0 Å². The second-order valence-corrected chi connectivity index (χ2v) is 8.81. The molecule has 5 nitrogen and oxygen atoms in total. The van der Waals surface area contributed by atoms with Crippen LogP contribution in [-0.4, -0.2) is 41.6 Å². The molecule has 0 unspecified atom stereocenters. The predicted octanol–water partition coefficient (Wildman–Crippen LogP) is 6.28. The first kappa shape index (κ1) is 24.8. The third-order valence-electron chi connectivity index (χ3n) is 6.44. The maximum absolute atomic E-state index is 13.4. The third-order valence-corrected chi connectivity index (χ3v) is 6.44. The lowest BCUT2D eigenvalue weighted by Gasteiger charge is -2.36. The molecule has 0 atom stereocenters. The molecule has 194 valence electrons. The van der Waals surface area contributed by atoms with Crippen LogP contribution in [-0.2, 0) is 18.9 Å². The number of nitrogens with zero attached hydrogens (tertiary/aromatic N) is 3. The first-order chi connectivity index (χ1) is 17.5. The highest BCUT2D eigenvalue weighted by atomic mass is 19.4. The van der Waals surface area contributed by atoms with Crippen LogP contribution in [0.4, 0.5) is 32.0 Å². The van der Waals surface area contributed by atoms with Crippen LogP contribution in [0.3, 0.4) is 0 Å². The molecule has 1 aliphatic heterocycles. The molecule has 1 amide bonds. The van der Waals surface area contributed by atoms with E-state index in [-0.39, 0.29) is 31.2 Å². The Balaban J connectivity index is 1.35. The number of carbonyl (C=O) groups is 1. The number of rotatable bonds is 4. The molecule has 0 spiro atoms. The summed E-state index contributed by atoms with van der Waals surface area (Å²) in [7, 11) is 0. The highest BCUT2D eigenvalue weighted by molar-refractivity contribution is 5.97. The van der Waals surface area contributed by atoms with E-state index in [2.05, 4.69) is 0 Å². The van der Waals surface area contributed by atoms with E-state index in [1.54, 1.807) is 38.6 Å². The summed E-state index contributed by atoms with van der Waals surface area (Å²) < 4.78 is 85.9. The molecule has 0 radical (unpaired) electrons. The van der Waals surface area contributed by atoms with Crippen LogP contribution in [0.15, 0.2) is 71.3 Å². The lowest BCUT2D eigenvalue weighted by Crippen LogP contribution is -2.49. The van der Waals surface area contributed by atoms with Crippen molar-refractivity contribution in [2.75, 3.05) is 31.1 Å². The van der Waals surface area contributed by atoms with Crippen molar-refractivity contribution in [2.45, 2.75) is 18.9 Å². The van der Waals surface area contributed by atoms with Crippen LogP contribution < -0.4 is 4.90 Å². The van der Waals surface area contributed by atoms with E-state index in [1.807, 2.05) is 0 Å². The summed E-state index contributed by atoms with van der Waals surface area (Å²) in [6.07, 6.45) is -7.50. The van der Waals surface area contributed by atoms with Gasteiger partial charge < -0.3 is 18.8 Å². The normalized spacial score (nSPS) is 15.0. The maximum atomic E-state index is 13.4. The van der Waals surface area contributed by atoms with Crippen LogP contribution in [0.1, 0.15) is 27.2 Å². The molecule has 0 N–H and O–H groups in total. The average molecular weight is 521 g/mol. The molecule has 4 aromatic rings. The molecule has 0 aliphatic carbocycles. The van der Waals surface area contributed by atoms with Crippen LogP contribution in [0.5, 0.6) is 0 Å². The largest absolute Gasteiger partial charge is 0.463 e. The van der Waals surface area contributed by atoms with Crippen molar-refractivity contribution in [3.05, 3.63) is 89.3 Å². The molecule has 1 fully saturated rings. The molecule has 0 bridgehead atoms. The van der Waals surface area contributed by atoms with E-state index < -0.39 is 23.5 Å². The quantitative estimate of drug-likeness (QED) is 0.297. The minimum Gasteiger partial charge on any atom is -0.463 e. The number of carbonyl (C=O) groups excluding carboxylic acids is 1. The van der Waals surface area contributed by atoms with Crippen molar-refractivity contribution in [2.24, 2.45) is 0 Å². The van der Waals surface area contributed by atoms with E-state index in [4.69, 9.17) is 4.42 Å². The van der Waals surface area contributed by atoms with Crippen molar-refractivity contribution < 1.29 is 35.6 Å². The predicted molar refractivity (Wildman–Crippen MR) is 124 cm³/mol. The number of alkyl halides is 6. The van der Waals surface area contributed by atoms with Gasteiger partial charge in [-0.2, -0.15) is 26.3 Å². The monoisotopic (exact) mass is 521 g/mol. The van der Waals surface area contributed by atoms with Gasteiger partial charge in [0.2, 0.25) is 0 Å². The fourth-order valence-corrected chi connectivity index (χ4v) is 4.56. The Labute approximate surface area is 207 Å². The van der Waals surface area contributed by atoms with Gasteiger partial charge in [-0.05, 0) is 35.9 Å². The fraction of sp³-hybridized carbons (Fsp3) is 0.269. The number of hydrogen-bond acceptors (Lipinski definition) is 3. The zero-order valence-electron chi connectivity index (χ0n) is 19.3. The van der Waals surface area contributed by atoms with E-state index in [1.165, 1.54) is 18.4 Å². The van der Waals surface area contributed by atoms with Gasteiger partial charge in [0.1, 0.15) is 5.69 Å². The zero-order chi connectivity index (χ0) is 26.4. The summed E-state index contributed by atoms with van der Waals surface area (Å²) in [5.74, 6) is -0.331. The van der Waals surface area contributed by atoms with Gasteiger partial charge in [-0.15, -0.1) is 0 Å². The van der Waals surface area contributed by atoms with Gasteiger partial charge in [-0.1, -0.05) is 18.2 Å². The fourth-order valence-electron chi connectivity index (χ4n) is 4.56. The molecule has 37 heavy (non-hydrogen) atoms. The lowest BCUT2D eigenvalue weighted by atomic mass is 10.1. The Kier molecular flexibility index (Phi) is 6.17. The van der Waals surface area contributed by atoms with Crippen LogP contribution in [0, 0.1) is 0 Å². The summed E-state index contributed by atoms with van der Waals surface area (Å²) in [4.78, 5) is 16.8. The van der Waals surface area contributed by atoms with Crippen molar-refractivity contribution in [1.29, 1.82) is 0 Å². The topological polar surface area (TPSA) is 41.6 Å². The van der Waals surface area contributed by atoms with Crippen molar-refractivity contribution in [3.8, 4) is 0 Å². The molecular formula is C26H21F6N3O2. The van der Waals surface area contributed by atoms with Crippen LogP contribution in [0.25, 0.3) is 11.1 Å². The van der Waals surface area contributed by atoms with Crippen molar-refractivity contribution in [3.63, 3.8) is 0 Å². The van der Waals surface area contributed by atoms with Crippen molar-refractivity contribution >= 4 is 22.7 Å². The highest BCUT2D eigenvalue weighted by Crippen LogP contribution is 2.33.